The molecule has 1 saturated carbocycles. The molecule has 0 aromatic heterocycles. The summed E-state index contributed by atoms with van der Waals surface area (Å²) >= 11 is 0. The predicted molar refractivity (Wildman–Crippen MR) is 119 cm³/mol. The summed E-state index contributed by atoms with van der Waals surface area (Å²) in [6.07, 6.45) is 0.852. The van der Waals surface area contributed by atoms with Crippen molar-refractivity contribution in [3.05, 3.63) is 59.7 Å². The van der Waals surface area contributed by atoms with Crippen molar-refractivity contribution in [2.75, 3.05) is 6.61 Å². The summed E-state index contributed by atoms with van der Waals surface area (Å²) < 4.78 is 5.54. The monoisotopic (exact) mass is 436 g/mol. The Morgan fingerprint density at radius 2 is 1.62 bits per heavy atom. The quantitative estimate of drug-likeness (QED) is 0.586. The Labute approximate surface area is 187 Å². The van der Waals surface area contributed by atoms with Crippen LogP contribution in [0.15, 0.2) is 48.5 Å². The van der Waals surface area contributed by atoms with Gasteiger partial charge in [-0.1, -0.05) is 68.8 Å². The minimum Gasteiger partial charge on any atom is -0.480 e. The van der Waals surface area contributed by atoms with Gasteiger partial charge in [-0.3, -0.25) is 4.79 Å². The van der Waals surface area contributed by atoms with Crippen molar-refractivity contribution in [2.24, 2.45) is 5.92 Å². The van der Waals surface area contributed by atoms with Gasteiger partial charge in [-0.2, -0.15) is 0 Å². The van der Waals surface area contributed by atoms with Crippen LogP contribution in [0.25, 0.3) is 11.1 Å². The van der Waals surface area contributed by atoms with Crippen LogP contribution < -0.4 is 10.6 Å². The van der Waals surface area contributed by atoms with Gasteiger partial charge in [0.15, 0.2) is 0 Å². The highest BCUT2D eigenvalue weighted by Gasteiger charge is 2.52. The molecule has 0 heterocycles. The van der Waals surface area contributed by atoms with E-state index in [4.69, 9.17) is 4.74 Å². The van der Waals surface area contributed by atoms with Crippen LogP contribution in [0, 0.1) is 5.92 Å². The summed E-state index contributed by atoms with van der Waals surface area (Å²) in [6, 6.07) is 15.1. The molecule has 4 rings (SSSR count). The molecule has 2 atom stereocenters. The van der Waals surface area contributed by atoms with Crippen molar-refractivity contribution in [1.29, 1.82) is 0 Å². The SMILES string of the molecule is CCC(C)[C@H](NC(=O)C1(NC(=O)OCC2c3ccccc3-c3ccccc32)CC1)C(=O)O. The maximum atomic E-state index is 12.7. The normalized spacial score (nSPS) is 17.4. The number of nitrogens with one attached hydrogen (secondary N) is 2. The van der Waals surface area contributed by atoms with Gasteiger partial charge in [-0.25, -0.2) is 9.59 Å². The van der Waals surface area contributed by atoms with Crippen LogP contribution in [0.3, 0.4) is 0 Å². The first-order chi connectivity index (χ1) is 15.4. The van der Waals surface area contributed by atoms with Gasteiger partial charge in [0.1, 0.15) is 18.2 Å². The Balaban J connectivity index is 1.39. The van der Waals surface area contributed by atoms with Crippen LogP contribution in [-0.4, -0.2) is 41.3 Å². The van der Waals surface area contributed by atoms with Gasteiger partial charge in [-0.05, 0) is 41.0 Å². The number of aliphatic carboxylic acids is 1. The van der Waals surface area contributed by atoms with Gasteiger partial charge in [0.2, 0.25) is 5.91 Å². The number of fused-ring (bicyclic) bond motifs is 3. The molecule has 2 aromatic rings. The van der Waals surface area contributed by atoms with Crippen molar-refractivity contribution < 1.29 is 24.2 Å². The average molecular weight is 437 g/mol. The lowest BCUT2D eigenvalue weighted by atomic mass is 9.98. The first-order valence-electron chi connectivity index (χ1n) is 11.0. The third kappa shape index (κ3) is 4.07. The molecule has 2 aliphatic carbocycles. The number of benzene rings is 2. The molecule has 0 bridgehead atoms. The van der Waals surface area contributed by atoms with Gasteiger partial charge in [0, 0.05) is 5.92 Å². The molecule has 1 fully saturated rings. The average Bonchev–Trinajstić information content (AvgIpc) is 3.50. The number of hydrogen-bond donors (Lipinski definition) is 3. The topological polar surface area (TPSA) is 105 Å². The molecule has 7 heteroatoms. The van der Waals surface area contributed by atoms with Crippen molar-refractivity contribution >= 4 is 18.0 Å². The van der Waals surface area contributed by atoms with Crippen molar-refractivity contribution in [2.45, 2.75) is 50.6 Å². The molecule has 7 nitrogen and oxygen atoms in total. The Morgan fingerprint density at radius 3 is 2.12 bits per heavy atom. The first-order valence-corrected chi connectivity index (χ1v) is 11.0. The van der Waals surface area contributed by atoms with E-state index in [9.17, 15) is 19.5 Å². The number of ether oxygens (including phenoxy) is 1. The molecule has 1 unspecified atom stereocenters. The highest BCUT2D eigenvalue weighted by molar-refractivity contribution is 5.95. The third-order valence-corrected chi connectivity index (χ3v) is 6.64. The third-order valence-electron chi connectivity index (χ3n) is 6.64. The number of carbonyl (C=O) groups is 3. The maximum Gasteiger partial charge on any atom is 0.408 e. The second-order valence-electron chi connectivity index (χ2n) is 8.71. The molecule has 2 aromatic carbocycles. The van der Waals surface area contributed by atoms with E-state index >= 15 is 0 Å². The molecular formula is C25H28N2O5. The molecule has 32 heavy (non-hydrogen) atoms. The summed E-state index contributed by atoms with van der Waals surface area (Å²) in [5.74, 6) is -1.84. The van der Waals surface area contributed by atoms with Gasteiger partial charge in [-0.15, -0.1) is 0 Å². The number of hydrogen-bond acceptors (Lipinski definition) is 4. The van der Waals surface area contributed by atoms with Crippen molar-refractivity contribution in [3.8, 4) is 11.1 Å². The molecule has 2 aliphatic rings. The van der Waals surface area contributed by atoms with E-state index in [2.05, 4.69) is 22.8 Å². The van der Waals surface area contributed by atoms with Crippen LogP contribution in [0.5, 0.6) is 0 Å². The number of rotatable bonds is 8. The molecule has 168 valence electrons. The van der Waals surface area contributed by atoms with Crippen molar-refractivity contribution in [1.82, 2.24) is 10.6 Å². The predicted octanol–water partition coefficient (Wildman–Crippen LogP) is 3.67. The highest BCUT2D eigenvalue weighted by atomic mass is 16.5. The van der Waals surface area contributed by atoms with E-state index in [1.807, 2.05) is 43.3 Å². The fraction of sp³-hybridized carbons (Fsp3) is 0.400. The summed E-state index contributed by atoms with van der Waals surface area (Å²) in [4.78, 5) is 36.8. The number of carboxylic acids is 1. The lowest BCUT2D eigenvalue weighted by Gasteiger charge is -2.24. The largest absolute Gasteiger partial charge is 0.480 e. The Morgan fingerprint density at radius 1 is 1.06 bits per heavy atom. The van der Waals surface area contributed by atoms with E-state index in [0.29, 0.717) is 19.3 Å². The molecule has 0 aliphatic heterocycles. The maximum absolute atomic E-state index is 12.7. The number of carboxylic acid groups (broad SMARTS) is 1. The van der Waals surface area contributed by atoms with Crippen LogP contribution in [0.4, 0.5) is 4.79 Å². The Kier molecular flexibility index (Phi) is 5.91. The van der Waals surface area contributed by atoms with Gasteiger partial charge >= 0.3 is 12.1 Å². The van der Waals surface area contributed by atoms with E-state index < -0.39 is 29.6 Å². The second-order valence-corrected chi connectivity index (χ2v) is 8.71. The smallest absolute Gasteiger partial charge is 0.408 e. The molecule has 0 radical (unpaired) electrons. The Hall–Kier alpha value is -3.35. The standard InChI is InChI=1S/C25H28N2O5/c1-3-15(2)21(22(28)29)26-23(30)25(12-13-25)27-24(31)32-14-20-18-10-6-4-8-16(18)17-9-5-7-11-19(17)20/h4-11,15,20-21H,3,12-14H2,1-2H3,(H,26,30)(H,27,31)(H,28,29)/t15?,21-/m0/s1. The van der Waals surface area contributed by atoms with Gasteiger partial charge in [0.25, 0.3) is 0 Å². The number of carbonyl (C=O) groups excluding carboxylic acids is 2. The molecular weight excluding hydrogens is 408 g/mol. The lowest BCUT2D eigenvalue weighted by Crippen LogP contribution is -2.55. The van der Waals surface area contributed by atoms with Crippen LogP contribution in [-0.2, 0) is 14.3 Å². The summed E-state index contributed by atoms with van der Waals surface area (Å²) in [6.45, 7) is 3.80. The highest BCUT2D eigenvalue weighted by Crippen LogP contribution is 2.44. The minimum absolute atomic E-state index is 0.0704. The molecule has 0 saturated heterocycles. The summed E-state index contributed by atoms with van der Waals surface area (Å²) in [7, 11) is 0. The zero-order valence-corrected chi connectivity index (χ0v) is 18.3. The van der Waals surface area contributed by atoms with Crippen molar-refractivity contribution in [3.63, 3.8) is 0 Å². The second kappa shape index (κ2) is 8.65. The molecule has 0 spiro atoms. The van der Waals surface area contributed by atoms with Crippen LogP contribution in [0.2, 0.25) is 0 Å². The lowest BCUT2D eigenvalue weighted by molar-refractivity contribution is -0.143. The van der Waals surface area contributed by atoms with Crippen LogP contribution in [0.1, 0.15) is 50.2 Å². The zero-order chi connectivity index (χ0) is 22.9. The summed E-state index contributed by atoms with van der Waals surface area (Å²) in [5, 5.41) is 14.7. The zero-order valence-electron chi connectivity index (χ0n) is 18.3. The Bertz CT molecular complexity index is 1000. The van der Waals surface area contributed by atoms with E-state index in [0.717, 1.165) is 22.3 Å². The fourth-order valence-corrected chi connectivity index (χ4v) is 4.33. The van der Waals surface area contributed by atoms with E-state index in [-0.39, 0.29) is 18.4 Å². The van der Waals surface area contributed by atoms with E-state index in [1.165, 1.54) is 0 Å². The van der Waals surface area contributed by atoms with Crippen LogP contribution >= 0.6 is 0 Å². The minimum atomic E-state index is -1.09. The van der Waals surface area contributed by atoms with Gasteiger partial charge < -0.3 is 20.5 Å². The fourth-order valence-electron chi connectivity index (χ4n) is 4.33. The van der Waals surface area contributed by atoms with E-state index in [1.54, 1.807) is 6.92 Å². The van der Waals surface area contributed by atoms with Gasteiger partial charge in [0.05, 0.1) is 0 Å². The number of alkyl carbamates (subject to hydrolysis) is 1. The summed E-state index contributed by atoms with van der Waals surface area (Å²) in [5.41, 5.74) is 3.40. The molecule has 3 N–H and O–H groups in total. The number of amides is 2. The molecule has 2 amide bonds. The first kappa shape index (κ1) is 21.9.